The lowest BCUT2D eigenvalue weighted by Gasteiger charge is -2.18. The molecule has 0 N–H and O–H groups in total. The molecule has 50 heavy (non-hydrogen) atoms. The molecule has 0 amide bonds. The molecule has 1 aliphatic heterocycles. The number of pyridine rings is 2. The zero-order valence-electron chi connectivity index (χ0n) is 27.0. The average Bonchev–Trinajstić information content (AvgIpc) is 3.50. The predicted octanol–water partition coefficient (Wildman–Crippen LogP) is 12.0. The van der Waals surface area contributed by atoms with E-state index in [-0.39, 0.29) is 0 Å². The molecule has 0 atom stereocenters. The molecule has 0 saturated carbocycles. The Morgan fingerprint density at radius 3 is 2.18 bits per heavy atom. The normalized spacial score (nSPS) is 12.7. The molecule has 0 saturated heterocycles. The fourth-order valence-corrected chi connectivity index (χ4v) is 7.42. The monoisotopic (exact) mass is 639 g/mol. The maximum absolute atomic E-state index is 7.05. The van der Waals surface area contributed by atoms with Crippen molar-refractivity contribution in [1.82, 2.24) is 14.5 Å². The van der Waals surface area contributed by atoms with E-state index in [4.69, 9.17) is 4.74 Å². The number of fused-ring (bicyclic) bond motifs is 11. The Morgan fingerprint density at radius 2 is 1.26 bits per heavy atom. The van der Waals surface area contributed by atoms with Gasteiger partial charge in [0, 0.05) is 39.7 Å². The maximum atomic E-state index is 7.05. The smallest absolute Gasteiger partial charge is 0.143 e. The number of rotatable bonds is 2. The van der Waals surface area contributed by atoms with Crippen LogP contribution in [0.1, 0.15) is 11.1 Å². The highest BCUT2D eigenvalue weighted by Gasteiger charge is 2.20. The van der Waals surface area contributed by atoms with Crippen LogP contribution in [0.3, 0.4) is 0 Å². The van der Waals surface area contributed by atoms with E-state index >= 15 is 0 Å². The van der Waals surface area contributed by atoms with Crippen molar-refractivity contribution in [2.24, 2.45) is 0 Å². The molecule has 10 rings (SSSR count). The van der Waals surface area contributed by atoms with Crippen LogP contribution in [0.2, 0.25) is 0 Å². The molecule has 4 nitrogen and oxygen atoms in total. The molecule has 0 bridgehead atoms. The molecule has 0 radical (unpaired) electrons. The van der Waals surface area contributed by atoms with Crippen LogP contribution in [0.4, 0.5) is 0 Å². The summed E-state index contributed by atoms with van der Waals surface area (Å²) in [6.45, 7) is 0. The van der Waals surface area contributed by atoms with Crippen LogP contribution < -0.4 is 4.74 Å². The van der Waals surface area contributed by atoms with Gasteiger partial charge in [0.05, 0.1) is 17.2 Å². The van der Waals surface area contributed by atoms with E-state index in [1.54, 1.807) is 0 Å². The molecule has 4 heterocycles. The third-order valence-electron chi connectivity index (χ3n) is 9.80. The fourth-order valence-electron chi connectivity index (χ4n) is 7.42. The Hall–Kier alpha value is -6.78. The van der Waals surface area contributed by atoms with Crippen LogP contribution in [0.15, 0.2) is 164 Å². The quantitative estimate of drug-likeness (QED) is 0.189. The molecule has 1 aliphatic rings. The zero-order valence-corrected chi connectivity index (χ0v) is 27.0. The maximum Gasteiger partial charge on any atom is 0.143 e. The summed E-state index contributed by atoms with van der Waals surface area (Å²) in [6.07, 6.45) is 10.1. The Bertz CT molecular complexity index is 2790. The lowest BCUT2D eigenvalue weighted by Crippen LogP contribution is -1.96. The second-order valence-corrected chi connectivity index (χ2v) is 12.6. The predicted molar refractivity (Wildman–Crippen MR) is 206 cm³/mol. The van der Waals surface area contributed by atoms with E-state index in [1.807, 2.05) is 42.9 Å². The van der Waals surface area contributed by atoms with E-state index in [9.17, 15) is 0 Å². The highest BCUT2D eigenvalue weighted by atomic mass is 16.5. The molecule has 0 spiro atoms. The van der Waals surface area contributed by atoms with Gasteiger partial charge in [0.2, 0.25) is 0 Å². The van der Waals surface area contributed by atoms with Crippen molar-refractivity contribution in [3.05, 3.63) is 175 Å². The standard InChI is InChI=1S/C46H29N3O/c1-3-11-35-30(9-1)16-17-32-18-19-33(34-21-23-42-41(28-34)37-24-26-47-29-43(37)49(42)45-15-7-8-25-48-45)27-40(32)39-22-20-31-10-2-4-12-36(31)46(39)50-44-14-6-5-13-38(35)44/h1-29H/b17-16-. The molecule has 234 valence electrons. The first kappa shape index (κ1) is 28.3. The zero-order chi connectivity index (χ0) is 33.0. The summed E-state index contributed by atoms with van der Waals surface area (Å²) < 4.78 is 9.25. The largest absolute Gasteiger partial charge is 0.455 e. The molecule has 0 aliphatic carbocycles. The first-order chi connectivity index (χ1) is 24.8. The average molecular weight is 640 g/mol. The summed E-state index contributed by atoms with van der Waals surface area (Å²) in [5.74, 6) is 2.55. The van der Waals surface area contributed by atoms with Gasteiger partial charge in [-0.3, -0.25) is 9.55 Å². The highest BCUT2D eigenvalue weighted by molar-refractivity contribution is 6.10. The van der Waals surface area contributed by atoms with Crippen LogP contribution in [0.5, 0.6) is 11.5 Å². The number of aromatic nitrogens is 3. The summed E-state index contributed by atoms with van der Waals surface area (Å²) >= 11 is 0. The molecular weight excluding hydrogens is 611 g/mol. The number of hydrogen-bond acceptors (Lipinski definition) is 3. The lowest BCUT2D eigenvalue weighted by atomic mass is 9.91. The van der Waals surface area contributed by atoms with Crippen LogP contribution in [0.25, 0.3) is 83.9 Å². The second kappa shape index (κ2) is 11.4. The first-order valence-corrected chi connectivity index (χ1v) is 16.8. The van der Waals surface area contributed by atoms with Gasteiger partial charge in [0.1, 0.15) is 17.3 Å². The van der Waals surface area contributed by atoms with Gasteiger partial charge < -0.3 is 4.74 Å². The van der Waals surface area contributed by atoms with Gasteiger partial charge in [-0.1, -0.05) is 109 Å². The minimum absolute atomic E-state index is 0.829. The van der Waals surface area contributed by atoms with Gasteiger partial charge in [-0.25, -0.2) is 4.98 Å². The number of para-hydroxylation sites is 1. The summed E-state index contributed by atoms with van der Waals surface area (Å²) in [4.78, 5) is 9.14. The Kier molecular flexibility index (Phi) is 6.46. The second-order valence-electron chi connectivity index (χ2n) is 12.6. The molecule has 0 unspecified atom stereocenters. The van der Waals surface area contributed by atoms with Gasteiger partial charge >= 0.3 is 0 Å². The number of ether oxygens (including phenoxy) is 1. The third kappa shape index (κ3) is 4.54. The summed E-state index contributed by atoms with van der Waals surface area (Å²) in [7, 11) is 0. The van der Waals surface area contributed by atoms with Gasteiger partial charge in [-0.05, 0) is 87.3 Å². The molecule has 3 aromatic heterocycles. The van der Waals surface area contributed by atoms with Crippen molar-refractivity contribution in [2.75, 3.05) is 0 Å². The number of benzene rings is 6. The summed E-state index contributed by atoms with van der Waals surface area (Å²) in [6, 6.07) is 51.3. The van der Waals surface area contributed by atoms with Gasteiger partial charge in [-0.15, -0.1) is 0 Å². The minimum atomic E-state index is 0.829. The summed E-state index contributed by atoms with van der Waals surface area (Å²) in [5.41, 5.74) is 11.0. The summed E-state index contributed by atoms with van der Waals surface area (Å²) in [5, 5.41) is 4.51. The fraction of sp³-hybridized carbons (Fsp3) is 0. The van der Waals surface area contributed by atoms with Crippen LogP contribution in [-0.4, -0.2) is 14.5 Å². The molecule has 6 aromatic carbocycles. The third-order valence-corrected chi connectivity index (χ3v) is 9.80. The Balaban J connectivity index is 1.22. The van der Waals surface area contributed by atoms with Gasteiger partial charge in [0.25, 0.3) is 0 Å². The van der Waals surface area contributed by atoms with Crippen molar-refractivity contribution in [1.29, 1.82) is 0 Å². The van der Waals surface area contributed by atoms with E-state index < -0.39 is 0 Å². The van der Waals surface area contributed by atoms with Gasteiger partial charge in [-0.2, -0.15) is 0 Å². The van der Waals surface area contributed by atoms with Crippen molar-refractivity contribution in [2.45, 2.75) is 0 Å². The molecule has 0 fully saturated rings. The first-order valence-electron chi connectivity index (χ1n) is 16.8. The molecule has 4 heteroatoms. The van der Waals surface area contributed by atoms with E-state index in [2.05, 4.69) is 148 Å². The van der Waals surface area contributed by atoms with Crippen molar-refractivity contribution < 1.29 is 4.74 Å². The van der Waals surface area contributed by atoms with E-state index in [0.717, 1.165) is 94.4 Å². The van der Waals surface area contributed by atoms with Crippen LogP contribution in [0, 0.1) is 0 Å². The van der Waals surface area contributed by atoms with Crippen LogP contribution in [-0.2, 0) is 0 Å². The highest BCUT2D eigenvalue weighted by Crippen LogP contribution is 2.46. The van der Waals surface area contributed by atoms with Crippen LogP contribution >= 0.6 is 0 Å². The number of hydrogen-bond donors (Lipinski definition) is 0. The van der Waals surface area contributed by atoms with Gasteiger partial charge in [0.15, 0.2) is 0 Å². The molecular formula is C46H29N3O. The number of nitrogens with zero attached hydrogens (tertiary/aromatic N) is 3. The van der Waals surface area contributed by atoms with Crippen molar-refractivity contribution in [3.63, 3.8) is 0 Å². The van der Waals surface area contributed by atoms with Crippen molar-refractivity contribution >= 4 is 44.7 Å². The topological polar surface area (TPSA) is 39.9 Å². The minimum Gasteiger partial charge on any atom is -0.455 e. The Labute approximate surface area is 289 Å². The van der Waals surface area contributed by atoms with E-state index in [1.165, 1.54) is 0 Å². The van der Waals surface area contributed by atoms with E-state index in [0.29, 0.717) is 0 Å². The SMILES string of the molecule is C1=C\c2ccc(-c3ccc4c(c3)c3ccncc3n4-c3ccccn3)cc2-c2ccc3ccccc3c2Oc2ccccc2-c2ccccc2/1. The van der Waals surface area contributed by atoms with Crippen molar-refractivity contribution in [3.8, 4) is 50.7 Å². The molecule has 9 aromatic rings. The lowest BCUT2D eigenvalue weighted by molar-refractivity contribution is 0.492. The Morgan fingerprint density at radius 1 is 0.480 bits per heavy atom.